The number of carbonyl (C=O) groups is 2. The van der Waals surface area contributed by atoms with Gasteiger partial charge in [0.25, 0.3) is 5.24 Å². The molecule has 1 aliphatic heterocycles. The average molecular weight is 384 g/mol. The fraction of sp³-hybridized carbons (Fsp3) is 0.211. The van der Waals surface area contributed by atoms with Crippen molar-refractivity contribution in [2.24, 2.45) is 0 Å². The molecule has 2 aromatic carbocycles. The molecule has 8 heteroatoms. The van der Waals surface area contributed by atoms with Crippen LogP contribution in [0.3, 0.4) is 0 Å². The van der Waals surface area contributed by atoms with Crippen molar-refractivity contribution in [3.05, 3.63) is 54.1 Å². The molecule has 4 rings (SSSR count). The Morgan fingerprint density at radius 3 is 2.56 bits per heavy atom. The van der Waals surface area contributed by atoms with Gasteiger partial charge in [-0.3, -0.25) is 14.9 Å². The van der Waals surface area contributed by atoms with Gasteiger partial charge in [-0.15, -0.1) is 0 Å². The number of imide groups is 1. The summed E-state index contributed by atoms with van der Waals surface area (Å²) in [5, 5.41) is 1.63. The molecule has 7 nitrogen and oxygen atoms in total. The zero-order valence-electron chi connectivity index (χ0n) is 14.2. The first-order chi connectivity index (χ1) is 13.2. The quantitative estimate of drug-likeness (QED) is 0.626. The van der Waals surface area contributed by atoms with E-state index in [4.69, 9.17) is 13.9 Å². The molecule has 1 atom stereocenters. The topological polar surface area (TPSA) is 90.7 Å². The van der Waals surface area contributed by atoms with Gasteiger partial charge in [0.15, 0.2) is 5.58 Å². The van der Waals surface area contributed by atoms with E-state index in [0.717, 1.165) is 22.8 Å². The van der Waals surface area contributed by atoms with Crippen LogP contribution in [0, 0.1) is 0 Å². The van der Waals surface area contributed by atoms with Crippen LogP contribution >= 0.6 is 11.8 Å². The lowest BCUT2D eigenvalue weighted by Crippen LogP contribution is -2.25. The molecule has 0 spiro atoms. The number of fused-ring (bicyclic) bond motifs is 1. The zero-order valence-corrected chi connectivity index (χ0v) is 15.0. The van der Waals surface area contributed by atoms with E-state index in [1.54, 1.807) is 0 Å². The highest BCUT2D eigenvalue weighted by Crippen LogP contribution is 2.24. The summed E-state index contributed by atoms with van der Waals surface area (Å²) in [6, 6.07) is 14.9. The smallest absolute Gasteiger partial charge is 0.394 e. The van der Waals surface area contributed by atoms with E-state index < -0.39 is 0 Å². The molecule has 1 aromatic heterocycles. The van der Waals surface area contributed by atoms with Gasteiger partial charge >= 0.3 is 6.08 Å². The van der Waals surface area contributed by atoms with Crippen molar-refractivity contribution in [2.45, 2.75) is 11.7 Å². The minimum absolute atomic E-state index is 0.219. The van der Waals surface area contributed by atoms with E-state index in [1.807, 2.05) is 48.5 Å². The maximum absolute atomic E-state index is 11.6. The van der Waals surface area contributed by atoms with E-state index in [2.05, 4.69) is 10.3 Å². The van der Waals surface area contributed by atoms with Crippen LogP contribution < -0.4 is 14.8 Å². The van der Waals surface area contributed by atoms with Crippen LogP contribution in [0.25, 0.3) is 11.1 Å². The number of hydrogen-bond donors (Lipinski definition) is 1. The molecule has 3 aromatic rings. The third kappa shape index (κ3) is 4.22. The van der Waals surface area contributed by atoms with Crippen molar-refractivity contribution in [2.75, 3.05) is 13.2 Å². The van der Waals surface area contributed by atoms with Crippen molar-refractivity contribution in [3.63, 3.8) is 0 Å². The summed E-state index contributed by atoms with van der Waals surface area (Å²) in [5.41, 5.74) is 2.40. The SMILES string of the molecule is O=C1NC(=O)C(Cc2ccc(OCCOc3nc4ccccc4o3)cc2)S1. The van der Waals surface area contributed by atoms with Crippen LogP contribution in [0.4, 0.5) is 4.79 Å². The van der Waals surface area contributed by atoms with Crippen LogP contribution in [-0.2, 0) is 11.2 Å². The van der Waals surface area contributed by atoms with Gasteiger partial charge in [-0.05, 0) is 36.2 Å². The average Bonchev–Trinajstić information content (AvgIpc) is 3.22. The Bertz CT molecular complexity index is 937. The largest absolute Gasteiger partial charge is 0.490 e. The fourth-order valence-corrected chi connectivity index (χ4v) is 3.52. The third-order valence-electron chi connectivity index (χ3n) is 3.96. The lowest BCUT2D eigenvalue weighted by atomic mass is 10.1. The lowest BCUT2D eigenvalue weighted by Gasteiger charge is -2.08. The summed E-state index contributed by atoms with van der Waals surface area (Å²) in [7, 11) is 0. The molecule has 1 aliphatic rings. The number of ether oxygens (including phenoxy) is 2. The van der Waals surface area contributed by atoms with Crippen LogP contribution in [0.15, 0.2) is 52.9 Å². The minimum atomic E-state index is -0.367. The van der Waals surface area contributed by atoms with Gasteiger partial charge < -0.3 is 13.9 Å². The monoisotopic (exact) mass is 384 g/mol. The molecule has 27 heavy (non-hydrogen) atoms. The molecule has 1 saturated heterocycles. The molecular weight excluding hydrogens is 368 g/mol. The van der Waals surface area contributed by atoms with Crippen molar-refractivity contribution in [1.29, 1.82) is 0 Å². The van der Waals surface area contributed by atoms with E-state index >= 15 is 0 Å². The Balaban J connectivity index is 1.24. The predicted molar refractivity (Wildman–Crippen MR) is 100 cm³/mol. The third-order valence-corrected chi connectivity index (χ3v) is 4.94. The molecule has 1 N–H and O–H groups in total. The first kappa shape index (κ1) is 17.4. The lowest BCUT2D eigenvalue weighted by molar-refractivity contribution is -0.118. The van der Waals surface area contributed by atoms with Crippen molar-refractivity contribution in [1.82, 2.24) is 10.3 Å². The van der Waals surface area contributed by atoms with Crippen LogP contribution in [0.5, 0.6) is 11.8 Å². The minimum Gasteiger partial charge on any atom is -0.490 e. The highest BCUT2D eigenvalue weighted by molar-refractivity contribution is 8.15. The number of nitrogens with one attached hydrogen (secondary N) is 1. The number of thioether (sulfide) groups is 1. The molecule has 2 amide bonds. The predicted octanol–water partition coefficient (Wildman–Crippen LogP) is 3.18. The summed E-state index contributed by atoms with van der Waals surface area (Å²) >= 11 is 1.03. The van der Waals surface area contributed by atoms with Crippen LogP contribution in [0.2, 0.25) is 0 Å². The van der Waals surface area contributed by atoms with E-state index in [1.165, 1.54) is 0 Å². The molecule has 2 heterocycles. The maximum Gasteiger partial charge on any atom is 0.394 e. The summed E-state index contributed by atoms with van der Waals surface area (Å²) in [6.07, 6.45) is 0.723. The molecule has 1 fully saturated rings. The first-order valence-electron chi connectivity index (χ1n) is 8.39. The standard InChI is InChI=1S/C19H16N2O5S/c22-17-16(27-18(23)21-17)11-12-5-7-13(8-6-12)24-9-10-25-19-20-14-3-1-2-4-15(14)26-19/h1-8,16H,9-11H2,(H,21,22,23). The van der Waals surface area contributed by atoms with Crippen LogP contribution in [-0.4, -0.2) is 34.6 Å². The zero-order chi connectivity index (χ0) is 18.6. The molecular formula is C19H16N2O5S. The van der Waals surface area contributed by atoms with Gasteiger partial charge in [0.1, 0.15) is 24.5 Å². The number of nitrogens with zero attached hydrogens (tertiary/aromatic N) is 1. The van der Waals surface area contributed by atoms with E-state index in [0.29, 0.717) is 31.0 Å². The first-order valence-corrected chi connectivity index (χ1v) is 9.27. The van der Waals surface area contributed by atoms with Gasteiger partial charge in [0.05, 0.1) is 5.25 Å². The molecule has 0 radical (unpaired) electrons. The molecule has 0 saturated carbocycles. The Hall–Kier alpha value is -3.00. The summed E-state index contributed by atoms with van der Waals surface area (Å²) in [6.45, 7) is 0.642. The van der Waals surface area contributed by atoms with Crippen molar-refractivity contribution in [3.8, 4) is 11.8 Å². The second-order valence-electron chi connectivity index (χ2n) is 5.88. The highest BCUT2D eigenvalue weighted by atomic mass is 32.2. The van der Waals surface area contributed by atoms with E-state index in [-0.39, 0.29) is 22.5 Å². The second-order valence-corrected chi connectivity index (χ2v) is 7.05. The number of oxazole rings is 1. The maximum atomic E-state index is 11.6. The van der Waals surface area contributed by atoms with Gasteiger partial charge in [0.2, 0.25) is 5.91 Å². The Morgan fingerprint density at radius 2 is 1.81 bits per heavy atom. The number of carbonyl (C=O) groups excluding carboxylic acids is 2. The fourth-order valence-electron chi connectivity index (χ4n) is 2.66. The molecule has 138 valence electrons. The van der Waals surface area contributed by atoms with Gasteiger partial charge in [-0.1, -0.05) is 36.0 Å². The normalized spacial score (nSPS) is 16.5. The number of benzene rings is 2. The number of hydrogen-bond acceptors (Lipinski definition) is 7. The summed E-state index contributed by atoms with van der Waals surface area (Å²) in [4.78, 5) is 27.0. The Morgan fingerprint density at radius 1 is 1.04 bits per heavy atom. The van der Waals surface area contributed by atoms with Crippen LogP contribution in [0.1, 0.15) is 5.56 Å². The Labute approximate surface area is 159 Å². The van der Waals surface area contributed by atoms with Crippen molar-refractivity contribution < 1.29 is 23.5 Å². The molecule has 1 unspecified atom stereocenters. The number of rotatable bonds is 7. The summed E-state index contributed by atoms with van der Waals surface area (Å²) < 4.78 is 16.6. The number of aromatic nitrogens is 1. The van der Waals surface area contributed by atoms with Gasteiger partial charge in [0, 0.05) is 0 Å². The van der Waals surface area contributed by atoms with Gasteiger partial charge in [-0.2, -0.15) is 4.98 Å². The van der Waals surface area contributed by atoms with Crippen molar-refractivity contribution >= 4 is 34.0 Å². The van der Waals surface area contributed by atoms with Gasteiger partial charge in [-0.25, -0.2) is 0 Å². The molecule has 0 aliphatic carbocycles. The molecule has 0 bridgehead atoms. The highest BCUT2D eigenvalue weighted by Gasteiger charge is 2.31. The Kier molecular flexibility index (Phi) is 4.97. The summed E-state index contributed by atoms with van der Waals surface area (Å²) in [5.74, 6) is 0.459. The number of para-hydroxylation sites is 2. The second kappa shape index (κ2) is 7.71. The number of amides is 2. The van der Waals surface area contributed by atoms with E-state index in [9.17, 15) is 9.59 Å².